The minimum atomic E-state index is 0.368. The number of phenolic OH excluding ortho intramolecular Hbond substituents is 1. The van der Waals surface area contributed by atoms with Gasteiger partial charge in [-0.2, -0.15) is 0 Å². The number of hydrogen-bond donors (Lipinski definition) is 1. The van der Waals surface area contributed by atoms with E-state index < -0.39 is 0 Å². The lowest BCUT2D eigenvalue weighted by molar-refractivity contribution is 0.415. The van der Waals surface area contributed by atoms with Gasteiger partial charge < -0.3 is 9.84 Å². The summed E-state index contributed by atoms with van der Waals surface area (Å²) in [5, 5.41) is 11.4. The number of rotatable bonds is 3. The molecule has 0 aliphatic rings. The summed E-state index contributed by atoms with van der Waals surface area (Å²) in [5.41, 5.74) is 3.75. The van der Waals surface area contributed by atoms with Crippen molar-refractivity contribution in [1.82, 2.24) is 0 Å². The van der Waals surface area contributed by atoms with Crippen molar-refractivity contribution < 1.29 is 9.84 Å². The van der Waals surface area contributed by atoms with Gasteiger partial charge in [-0.1, -0.05) is 165 Å². The van der Waals surface area contributed by atoms with Crippen LogP contribution in [0.15, 0.2) is 127 Å². The summed E-state index contributed by atoms with van der Waals surface area (Å²) in [6, 6.07) is 42.6. The summed E-state index contributed by atoms with van der Waals surface area (Å²) >= 11 is 0. The van der Waals surface area contributed by atoms with E-state index in [0.29, 0.717) is 17.6 Å². The first-order valence-corrected chi connectivity index (χ1v) is 15.2. The molecule has 5 aromatic carbocycles. The molecule has 42 heavy (non-hydrogen) atoms. The Morgan fingerprint density at radius 3 is 1.26 bits per heavy atom. The molecule has 226 valence electrons. The fourth-order valence-electron chi connectivity index (χ4n) is 3.53. The summed E-state index contributed by atoms with van der Waals surface area (Å²) < 4.78 is 5.12. The average molecular weight is 567 g/mol. The second kappa shape index (κ2) is 23.6. The number of ether oxygens (including phenoxy) is 1. The van der Waals surface area contributed by atoms with Crippen LogP contribution in [-0.4, -0.2) is 12.2 Å². The monoisotopic (exact) mass is 566 g/mol. The first kappa shape index (κ1) is 38.0. The van der Waals surface area contributed by atoms with Crippen LogP contribution in [0.5, 0.6) is 11.5 Å². The Kier molecular flexibility index (Phi) is 21.4. The standard InChI is InChI=1S/C11H10O.2C9H12.C7H8O.2C2H6/c1-12-11-7-6-9-4-2-3-5-10(9)8-11;2*1-8(2)9-6-4-3-5-7-9;1-6-4-2-3-5-7(6)8;2*1-2/h2-8H,1H3;2*3-8H,1-2H3;2-5,8H,1H3;2*1-2H3. The number of aromatic hydroxyl groups is 1. The van der Waals surface area contributed by atoms with Crippen molar-refractivity contribution in [2.24, 2.45) is 0 Å². The predicted molar refractivity (Wildman–Crippen MR) is 187 cm³/mol. The molecule has 0 atom stereocenters. The molecule has 0 aromatic heterocycles. The van der Waals surface area contributed by atoms with Crippen molar-refractivity contribution in [3.63, 3.8) is 0 Å². The summed E-state index contributed by atoms with van der Waals surface area (Å²) in [6.07, 6.45) is 0. The van der Waals surface area contributed by atoms with Crippen LogP contribution in [0.3, 0.4) is 0 Å². The number of phenols is 1. The summed E-state index contributed by atoms with van der Waals surface area (Å²) in [5.74, 6) is 2.60. The van der Waals surface area contributed by atoms with Crippen LogP contribution in [-0.2, 0) is 0 Å². The van der Waals surface area contributed by atoms with Gasteiger partial charge in [0.15, 0.2) is 0 Å². The van der Waals surface area contributed by atoms with Crippen molar-refractivity contribution in [1.29, 1.82) is 0 Å². The highest BCUT2D eigenvalue weighted by molar-refractivity contribution is 5.83. The first-order chi connectivity index (χ1) is 20.3. The summed E-state index contributed by atoms with van der Waals surface area (Å²) in [6.45, 7) is 18.7. The van der Waals surface area contributed by atoms with Crippen molar-refractivity contribution in [2.75, 3.05) is 7.11 Å². The molecule has 0 fully saturated rings. The van der Waals surface area contributed by atoms with E-state index in [1.54, 1.807) is 13.2 Å². The van der Waals surface area contributed by atoms with Crippen molar-refractivity contribution in [3.05, 3.63) is 144 Å². The molecule has 5 aromatic rings. The van der Waals surface area contributed by atoms with Crippen LogP contribution < -0.4 is 4.74 Å². The number of aryl methyl sites for hydroxylation is 1. The van der Waals surface area contributed by atoms with E-state index in [1.165, 1.54) is 21.9 Å². The molecule has 0 aliphatic carbocycles. The minimum Gasteiger partial charge on any atom is -0.508 e. The van der Waals surface area contributed by atoms with Crippen LogP contribution in [0.25, 0.3) is 10.8 Å². The third-order valence-electron chi connectivity index (χ3n) is 6.00. The van der Waals surface area contributed by atoms with E-state index in [1.807, 2.05) is 89.2 Å². The molecular weight excluding hydrogens is 512 g/mol. The molecule has 5 rings (SSSR count). The molecule has 0 spiro atoms. The van der Waals surface area contributed by atoms with Crippen LogP contribution in [0.4, 0.5) is 0 Å². The molecule has 0 unspecified atom stereocenters. The van der Waals surface area contributed by atoms with Gasteiger partial charge in [0.25, 0.3) is 0 Å². The Morgan fingerprint density at radius 2 is 0.905 bits per heavy atom. The number of fused-ring (bicyclic) bond motifs is 1. The number of para-hydroxylation sites is 1. The van der Waals surface area contributed by atoms with Crippen LogP contribution in [0.2, 0.25) is 0 Å². The van der Waals surface area contributed by atoms with E-state index >= 15 is 0 Å². The molecule has 1 N–H and O–H groups in total. The largest absolute Gasteiger partial charge is 0.508 e. The minimum absolute atomic E-state index is 0.368. The maximum Gasteiger partial charge on any atom is 0.119 e. The fraction of sp³-hybridized carbons (Fsp3) is 0.300. The zero-order valence-corrected chi connectivity index (χ0v) is 27.6. The van der Waals surface area contributed by atoms with Crippen molar-refractivity contribution in [3.8, 4) is 11.5 Å². The van der Waals surface area contributed by atoms with Gasteiger partial charge in [-0.3, -0.25) is 0 Å². The molecule has 0 heterocycles. The Labute approximate surface area is 257 Å². The van der Waals surface area contributed by atoms with Crippen molar-refractivity contribution in [2.45, 2.75) is 74.1 Å². The lowest BCUT2D eigenvalue weighted by Gasteiger charge is -2.01. The molecule has 0 bridgehead atoms. The van der Waals surface area contributed by atoms with Gasteiger partial charge in [-0.05, 0) is 64.4 Å². The van der Waals surface area contributed by atoms with E-state index in [9.17, 15) is 0 Å². The lowest BCUT2D eigenvalue weighted by Crippen LogP contribution is -1.83. The SMILES string of the molecule is CC.CC.CC(C)c1ccccc1.CC(C)c1ccccc1.COc1ccc2ccccc2c1.Cc1ccccc1O. The Bertz CT molecular complexity index is 1240. The van der Waals surface area contributed by atoms with Gasteiger partial charge in [0, 0.05) is 0 Å². The molecule has 2 heteroatoms. The summed E-state index contributed by atoms with van der Waals surface area (Å²) in [4.78, 5) is 0. The van der Waals surface area contributed by atoms with Gasteiger partial charge in [0.05, 0.1) is 7.11 Å². The zero-order valence-electron chi connectivity index (χ0n) is 27.6. The maximum absolute atomic E-state index is 8.92. The quantitative estimate of drug-likeness (QED) is 0.235. The summed E-state index contributed by atoms with van der Waals surface area (Å²) in [7, 11) is 1.68. The highest BCUT2D eigenvalue weighted by Crippen LogP contribution is 2.19. The van der Waals surface area contributed by atoms with E-state index in [4.69, 9.17) is 9.84 Å². The Balaban J connectivity index is 0.000000518. The van der Waals surface area contributed by atoms with Crippen LogP contribution >= 0.6 is 0 Å². The number of benzene rings is 5. The number of methoxy groups -OCH3 is 1. The first-order valence-electron chi connectivity index (χ1n) is 15.2. The average Bonchev–Trinajstić information content (AvgIpc) is 3.06. The van der Waals surface area contributed by atoms with Crippen LogP contribution in [0, 0.1) is 6.92 Å². The normalized spacial score (nSPS) is 9.24. The second-order valence-electron chi connectivity index (χ2n) is 9.63. The molecule has 0 radical (unpaired) electrons. The zero-order chi connectivity index (χ0) is 31.8. The van der Waals surface area contributed by atoms with Gasteiger partial charge in [0.1, 0.15) is 11.5 Å². The molecule has 0 saturated carbocycles. The molecular formula is C40H54O2. The second-order valence-corrected chi connectivity index (χ2v) is 9.63. The van der Waals surface area contributed by atoms with E-state index in [-0.39, 0.29) is 0 Å². The van der Waals surface area contributed by atoms with Gasteiger partial charge >= 0.3 is 0 Å². The van der Waals surface area contributed by atoms with Gasteiger partial charge in [-0.25, -0.2) is 0 Å². The Hall–Kier alpha value is -4.04. The van der Waals surface area contributed by atoms with Gasteiger partial charge in [0.2, 0.25) is 0 Å². The third-order valence-corrected chi connectivity index (χ3v) is 6.00. The highest BCUT2D eigenvalue weighted by atomic mass is 16.5. The topological polar surface area (TPSA) is 29.5 Å². The molecule has 0 amide bonds. The Morgan fingerprint density at radius 1 is 0.500 bits per heavy atom. The lowest BCUT2D eigenvalue weighted by atomic mass is 10.0. The van der Waals surface area contributed by atoms with E-state index in [0.717, 1.165) is 11.3 Å². The van der Waals surface area contributed by atoms with Crippen molar-refractivity contribution >= 4 is 10.8 Å². The molecule has 2 nitrogen and oxygen atoms in total. The highest BCUT2D eigenvalue weighted by Gasteiger charge is 1.95. The molecule has 0 saturated heterocycles. The smallest absolute Gasteiger partial charge is 0.119 e. The van der Waals surface area contributed by atoms with Crippen LogP contribution in [0.1, 0.15) is 83.9 Å². The molecule has 0 aliphatic heterocycles. The third kappa shape index (κ3) is 15.7. The number of hydrogen-bond acceptors (Lipinski definition) is 2. The fourth-order valence-corrected chi connectivity index (χ4v) is 3.53. The predicted octanol–water partition coefficient (Wildman–Crippen LogP) is 12.2. The van der Waals surface area contributed by atoms with E-state index in [2.05, 4.69) is 94.4 Å². The van der Waals surface area contributed by atoms with Gasteiger partial charge in [-0.15, -0.1) is 0 Å². The maximum atomic E-state index is 8.92.